The van der Waals surface area contributed by atoms with E-state index in [4.69, 9.17) is 5.11 Å². The molecule has 0 unspecified atom stereocenters. The fourth-order valence-corrected chi connectivity index (χ4v) is 2.69. The summed E-state index contributed by atoms with van der Waals surface area (Å²) < 4.78 is 0. The summed E-state index contributed by atoms with van der Waals surface area (Å²) in [6, 6.07) is 0. The fraction of sp³-hybridized carbons (Fsp3) is 0.636. The molecule has 2 rings (SSSR count). The highest BCUT2D eigenvalue weighted by molar-refractivity contribution is 5.36. The average molecular weight is 164 g/mol. The fourth-order valence-electron chi connectivity index (χ4n) is 2.69. The average Bonchev–Trinajstić information content (AvgIpc) is 2.59. The molecule has 0 aromatic carbocycles. The number of hydrogen-bond donors (Lipinski definition) is 1. The van der Waals surface area contributed by atoms with E-state index in [9.17, 15) is 0 Å². The van der Waals surface area contributed by atoms with Crippen molar-refractivity contribution in [2.45, 2.75) is 20.3 Å². The van der Waals surface area contributed by atoms with Crippen LogP contribution in [0.1, 0.15) is 20.3 Å². The van der Waals surface area contributed by atoms with Crippen LogP contribution in [0, 0.1) is 17.8 Å². The third-order valence-corrected chi connectivity index (χ3v) is 3.19. The van der Waals surface area contributed by atoms with Gasteiger partial charge in [-0.2, -0.15) is 0 Å². The third kappa shape index (κ3) is 0.962. The number of rotatable bonds is 1. The van der Waals surface area contributed by atoms with E-state index >= 15 is 0 Å². The lowest BCUT2D eigenvalue weighted by atomic mass is 9.93. The van der Waals surface area contributed by atoms with Gasteiger partial charge in [-0.05, 0) is 32.1 Å². The molecule has 0 spiro atoms. The highest BCUT2D eigenvalue weighted by Crippen LogP contribution is 2.48. The van der Waals surface area contributed by atoms with E-state index in [0.717, 1.165) is 6.42 Å². The summed E-state index contributed by atoms with van der Waals surface area (Å²) in [6.45, 7) is 4.71. The highest BCUT2D eigenvalue weighted by atomic mass is 16.3. The second-order valence-electron chi connectivity index (χ2n) is 4.15. The largest absolute Gasteiger partial charge is 0.396 e. The van der Waals surface area contributed by atoms with Gasteiger partial charge in [0.25, 0.3) is 0 Å². The Balaban J connectivity index is 2.31. The first-order chi connectivity index (χ1) is 5.74. The van der Waals surface area contributed by atoms with E-state index in [1.807, 2.05) is 0 Å². The second kappa shape index (κ2) is 2.74. The van der Waals surface area contributed by atoms with E-state index in [1.165, 1.54) is 5.57 Å². The Labute approximate surface area is 73.8 Å². The summed E-state index contributed by atoms with van der Waals surface area (Å²) in [7, 11) is 0. The molecule has 2 bridgehead atoms. The molecule has 1 heteroatoms. The summed E-state index contributed by atoms with van der Waals surface area (Å²) in [6.07, 6.45) is 5.74. The number of aliphatic hydroxyl groups excluding tert-OH is 1. The first-order valence-corrected chi connectivity index (χ1v) is 4.70. The van der Waals surface area contributed by atoms with Gasteiger partial charge < -0.3 is 5.11 Å². The molecule has 0 saturated heterocycles. The molecule has 3 atom stereocenters. The SMILES string of the molecule is CC(C)=C1[C@@H]2C=C[C@H]1[C@@H](CO)C2. The van der Waals surface area contributed by atoms with Crippen LogP contribution in [-0.4, -0.2) is 11.7 Å². The normalized spacial score (nSPS) is 37.9. The van der Waals surface area contributed by atoms with Crippen molar-refractivity contribution in [3.63, 3.8) is 0 Å². The summed E-state index contributed by atoms with van der Waals surface area (Å²) in [5, 5.41) is 9.13. The Hall–Kier alpha value is -0.560. The van der Waals surface area contributed by atoms with Crippen molar-refractivity contribution in [3.8, 4) is 0 Å². The van der Waals surface area contributed by atoms with Crippen LogP contribution in [0.4, 0.5) is 0 Å². The van der Waals surface area contributed by atoms with Crippen LogP contribution in [-0.2, 0) is 0 Å². The van der Waals surface area contributed by atoms with E-state index in [0.29, 0.717) is 24.4 Å². The summed E-state index contributed by atoms with van der Waals surface area (Å²) in [5.41, 5.74) is 3.03. The molecule has 2 aliphatic carbocycles. The number of allylic oxidation sites excluding steroid dienone is 4. The molecule has 0 heterocycles. The van der Waals surface area contributed by atoms with Gasteiger partial charge in [-0.3, -0.25) is 0 Å². The number of fused-ring (bicyclic) bond motifs is 2. The molecule has 0 radical (unpaired) electrons. The van der Waals surface area contributed by atoms with Crippen LogP contribution in [0.25, 0.3) is 0 Å². The van der Waals surface area contributed by atoms with Gasteiger partial charge >= 0.3 is 0 Å². The minimum absolute atomic E-state index is 0.349. The molecular weight excluding hydrogens is 148 g/mol. The summed E-state index contributed by atoms with van der Waals surface area (Å²) >= 11 is 0. The molecule has 0 aromatic rings. The van der Waals surface area contributed by atoms with Crippen LogP contribution in [0.5, 0.6) is 0 Å². The van der Waals surface area contributed by atoms with Crippen LogP contribution >= 0.6 is 0 Å². The first kappa shape index (κ1) is 8.06. The zero-order chi connectivity index (χ0) is 8.72. The standard InChI is InChI=1S/C11H16O/c1-7(2)11-8-3-4-10(11)9(5-8)6-12/h3-4,8-10,12H,5-6H2,1-2H3/t8-,9-,10+/m1/s1. The van der Waals surface area contributed by atoms with Gasteiger partial charge in [-0.25, -0.2) is 0 Å². The van der Waals surface area contributed by atoms with Crippen molar-refractivity contribution < 1.29 is 5.11 Å². The minimum Gasteiger partial charge on any atom is -0.396 e. The predicted molar refractivity (Wildman–Crippen MR) is 49.7 cm³/mol. The van der Waals surface area contributed by atoms with Gasteiger partial charge in [0.05, 0.1) is 0 Å². The molecule has 0 aliphatic heterocycles. The molecule has 0 aromatic heterocycles. The van der Waals surface area contributed by atoms with E-state index in [-0.39, 0.29) is 0 Å². The Kier molecular flexibility index (Phi) is 1.84. The van der Waals surface area contributed by atoms with E-state index in [1.54, 1.807) is 5.57 Å². The first-order valence-electron chi connectivity index (χ1n) is 4.70. The van der Waals surface area contributed by atoms with E-state index < -0.39 is 0 Å². The number of aliphatic hydroxyl groups is 1. The van der Waals surface area contributed by atoms with Crippen LogP contribution in [0.2, 0.25) is 0 Å². The zero-order valence-corrected chi connectivity index (χ0v) is 7.75. The smallest absolute Gasteiger partial charge is 0.0468 e. The van der Waals surface area contributed by atoms with Gasteiger partial charge in [-0.1, -0.05) is 23.3 Å². The second-order valence-corrected chi connectivity index (χ2v) is 4.15. The number of hydrogen-bond acceptors (Lipinski definition) is 1. The van der Waals surface area contributed by atoms with Crippen molar-refractivity contribution in [1.29, 1.82) is 0 Å². The lowest BCUT2D eigenvalue weighted by Gasteiger charge is -2.14. The zero-order valence-electron chi connectivity index (χ0n) is 7.75. The van der Waals surface area contributed by atoms with E-state index in [2.05, 4.69) is 26.0 Å². The monoisotopic (exact) mass is 164 g/mol. The molecule has 2 aliphatic rings. The van der Waals surface area contributed by atoms with Gasteiger partial charge in [0.2, 0.25) is 0 Å². The van der Waals surface area contributed by atoms with Crippen molar-refractivity contribution in [2.75, 3.05) is 6.61 Å². The molecule has 0 amide bonds. The topological polar surface area (TPSA) is 20.2 Å². The summed E-state index contributed by atoms with van der Waals surface area (Å²) in [5.74, 6) is 1.71. The quantitative estimate of drug-likeness (QED) is 0.589. The van der Waals surface area contributed by atoms with Gasteiger partial charge in [0.15, 0.2) is 0 Å². The lowest BCUT2D eigenvalue weighted by Crippen LogP contribution is -2.11. The molecule has 66 valence electrons. The maximum Gasteiger partial charge on any atom is 0.0468 e. The Morgan fingerprint density at radius 2 is 2.25 bits per heavy atom. The molecule has 12 heavy (non-hydrogen) atoms. The molecule has 1 nitrogen and oxygen atoms in total. The van der Waals surface area contributed by atoms with Crippen LogP contribution in [0.3, 0.4) is 0 Å². The Morgan fingerprint density at radius 1 is 1.50 bits per heavy atom. The lowest BCUT2D eigenvalue weighted by molar-refractivity contribution is 0.209. The predicted octanol–water partition coefficient (Wildman–Crippen LogP) is 2.14. The maximum atomic E-state index is 9.13. The van der Waals surface area contributed by atoms with Crippen LogP contribution < -0.4 is 0 Å². The van der Waals surface area contributed by atoms with Gasteiger partial charge in [0, 0.05) is 12.5 Å². The van der Waals surface area contributed by atoms with Crippen molar-refractivity contribution in [2.24, 2.45) is 17.8 Å². The van der Waals surface area contributed by atoms with Gasteiger partial charge in [0.1, 0.15) is 0 Å². The van der Waals surface area contributed by atoms with Crippen LogP contribution in [0.15, 0.2) is 23.3 Å². The summed E-state index contributed by atoms with van der Waals surface area (Å²) in [4.78, 5) is 0. The Bertz CT molecular complexity index is 246. The maximum absolute atomic E-state index is 9.13. The Morgan fingerprint density at radius 3 is 2.67 bits per heavy atom. The molecule has 1 saturated carbocycles. The molecular formula is C11H16O. The molecule has 1 N–H and O–H groups in total. The van der Waals surface area contributed by atoms with Gasteiger partial charge in [-0.15, -0.1) is 0 Å². The van der Waals surface area contributed by atoms with Crippen molar-refractivity contribution >= 4 is 0 Å². The highest BCUT2D eigenvalue weighted by Gasteiger charge is 2.39. The third-order valence-electron chi connectivity index (χ3n) is 3.19. The van der Waals surface area contributed by atoms with Crippen molar-refractivity contribution in [1.82, 2.24) is 0 Å². The van der Waals surface area contributed by atoms with Crippen molar-refractivity contribution in [3.05, 3.63) is 23.3 Å². The molecule has 1 fully saturated rings. The minimum atomic E-state index is 0.349.